The van der Waals surface area contributed by atoms with Gasteiger partial charge in [0.2, 0.25) is 16.6 Å². The summed E-state index contributed by atoms with van der Waals surface area (Å²) < 4.78 is 63.5. The first-order chi connectivity index (χ1) is 19.3. The molecular weight excluding hydrogens is 620 g/mol. The summed E-state index contributed by atoms with van der Waals surface area (Å²) in [6.07, 6.45) is 20.0. The Hall–Kier alpha value is -2.13. The molecule has 0 aliphatic heterocycles. The van der Waals surface area contributed by atoms with Gasteiger partial charge in [-0.2, -0.15) is 12.2 Å². The van der Waals surface area contributed by atoms with Crippen LogP contribution >= 0.6 is 0 Å². The maximum Gasteiger partial charge on any atom is 4.00 e. The van der Waals surface area contributed by atoms with Crippen LogP contribution in [0.1, 0.15) is 54.4 Å². The van der Waals surface area contributed by atoms with Crippen molar-refractivity contribution in [2.45, 2.75) is 90.6 Å². The number of allylic oxidation sites excluding steroid dienone is 8. The fraction of sp³-hybridized carbons (Fsp3) is 0.412. The zero-order valence-corrected chi connectivity index (χ0v) is 30.6. The quantitative estimate of drug-likeness (QED) is 0.184. The van der Waals surface area contributed by atoms with E-state index in [4.69, 9.17) is 8.85 Å². The van der Waals surface area contributed by atoms with Crippen molar-refractivity contribution in [2.24, 2.45) is 0 Å². The topological polar surface area (TPSA) is 18.5 Å². The Bertz CT molecular complexity index is 1140. The van der Waals surface area contributed by atoms with Crippen LogP contribution in [0.4, 0.5) is 17.6 Å². The minimum absolute atomic E-state index is 0. The van der Waals surface area contributed by atoms with E-state index in [0.717, 1.165) is 25.0 Å². The first-order valence-electron chi connectivity index (χ1n) is 13.8. The molecule has 2 aromatic rings. The van der Waals surface area contributed by atoms with E-state index in [1.807, 2.05) is 62.6 Å². The molecule has 0 N–H and O–H groups in total. The maximum atomic E-state index is 13.4. The Balaban J connectivity index is 0.000000608. The molecule has 232 valence electrons. The van der Waals surface area contributed by atoms with Crippen LogP contribution in [0.25, 0.3) is 0 Å². The Morgan fingerprint density at radius 2 is 0.930 bits per heavy atom. The van der Waals surface area contributed by atoms with Gasteiger partial charge in [-0.05, 0) is 36.3 Å². The largest absolute Gasteiger partial charge is 4.00 e. The van der Waals surface area contributed by atoms with E-state index in [0.29, 0.717) is 0 Å². The molecule has 2 nitrogen and oxygen atoms in total. The molecule has 0 spiro atoms. The Kier molecular flexibility index (Phi) is 17.1. The summed E-state index contributed by atoms with van der Waals surface area (Å²) in [6.45, 7) is 20.4. The average Bonchev–Trinajstić information content (AvgIpc) is 3.61. The summed E-state index contributed by atoms with van der Waals surface area (Å²) in [7, 11) is -4.15. The molecule has 0 heterocycles. The van der Waals surface area contributed by atoms with Gasteiger partial charge in [-0.1, -0.05) is 41.5 Å². The summed E-state index contributed by atoms with van der Waals surface area (Å²) in [5.74, 6) is -2.75. The average molecular weight is 665 g/mol. The molecule has 0 aromatic heterocycles. The molecule has 0 saturated carbocycles. The van der Waals surface area contributed by atoms with Gasteiger partial charge in [-0.15, -0.1) is 49.2 Å². The minimum Gasteiger partial charge on any atom is -0.599 e. The second kappa shape index (κ2) is 18.0. The van der Waals surface area contributed by atoms with Crippen molar-refractivity contribution in [3.63, 3.8) is 0 Å². The summed E-state index contributed by atoms with van der Waals surface area (Å²) in [5.41, 5.74) is 0. The standard InChI is InChI=1S/2C12H17F2OSi.2C5H5.Ti/c2*1-12(2,3)16(4,5)15-11-7-6-9(13)8-10(11)14;2*1-2-4-5-3-1;/h2*6-7H,1-5H3;2*1-3H,4H2;/q4*-1;+4. The molecule has 2 aliphatic rings. The Labute approximate surface area is 274 Å². The van der Waals surface area contributed by atoms with Crippen LogP contribution in [0.15, 0.2) is 60.7 Å². The first-order valence-corrected chi connectivity index (χ1v) is 19.6. The molecule has 0 atom stereocenters. The molecule has 0 amide bonds. The van der Waals surface area contributed by atoms with Gasteiger partial charge in [0.05, 0.1) is 11.6 Å². The van der Waals surface area contributed by atoms with Gasteiger partial charge in [-0.25, -0.2) is 41.9 Å². The molecule has 0 bridgehead atoms. The van der Waals surface area contributed by atoms with Gasteiger partial charge in [0.25, 0.3) is 0 Å². The third-order valence-electron chi connectivity index (χ3n) is 7.17. The predicted molar refractivity (Wildman–Crippen MR) is 169 cm³/mol. The van der Waals surface area contributed by atoms with E-state index in [9.17, 15) is 17.6 Å². The Morgan fingerprint density at radius 1 is 0.605 bits per heavy atom. The maximum absolute atomic E-state index is 13.4. The van der Waals surface area contributed by atoms with E-state index in [1.165, 1.54) is 12.1 Å². The van der Waals surface area contributed by atoms with E-state index < -0.39 is 39.9 Å². The van der Waals surface area contributed by atoms with E-state index in [-0.39, 0.29) is 43.3 Å². The molecule has 0 fully saturated rings. The van der Waals surface area contributed by atoms with Gasteiger partial charge in [-0.3, -0.25) is 12.2 Å². The van der Waals surface area contributed by atoms with Gasteiger partial charge >= 0.3 is 21.7 Å². The van der Waals surface area contributed by atoms with E-state index >= 15 is 0 Å². The molecule has 2 aliphatic carbocycles. The van der Waals surface area contributed by atoms with Gasteiger partial charge in [0, 0.05) is 23.1 Å². The smallest absolute Gasteiger partial charge is 0.599 e. The van der Waals surface area contributed by atoms with Crippen molar-refractivity contribution in [3.05, 3.63) is 108 Å². The second-order valence-electron chi connectivity index (χ2n) is 12.7. The zero-order valence-electron chi connectivity index (χ0n) is 27.0. The molecule has 0 saturated heterocycles. The normalized spacial score (nSPS) is 13.5. The molecule has 9 heteroatoms. The van der Waals surface area contributed by atoms with Crippen LogP contribution in [0.5, 0.6) is 11.5 Å². The molecule has 2 aromatic carbocycles. The number of benzene rings is 2. The number of rotatable bonds is 4. The number of hydrogen-bond acceptors (Lipinski definition) is 2. The van der Waals surface area contributed by atoms with Gasteiger partial charge in [0.1, 0.15) is 0 Å². The van der Waals surface area contributed by atoms with Crippen LogP contribution in [-0.2, 0) is 21.7 Å². The van der Waals surface area contributed by atoms with E-state index in [1.54, 1.807) is 0 Å². The summed E-state index contributed by atoms with van der Waals surface area (Å²) >= 11 is 0. The summed E-state index contributed by atoms with van der Waals surface area (Å²) in [5, 5.41) is -0.0400. The van der Waals surface area contributed by atoms with Crippen LogP contribution < -0.4 is 8.85 Å². The van der Waals surface area contributed by atoms with Crippen molar-refractivity contribution < 1.29 is 48.1 Å². The first kappa shape index (κ1) is 40.9. The predicted octanol–water partition coefficient (Wildman–Crippen LogP) is 10.9. The third kappa shape index (κ3) is 14.9. The van der Waals surface area contributed by atoms with Crippen molar-refractivity contribution in [3.8, 4) is 11.5 Å². The zero-order chi connectivity index (χ0) is 32.2. The second-order valence-corrected chi connectivity index (χ2v) is 22.1. The SMILES string of the molecule is CC(C)(C)[Si](C)(C)Oc1ccc(F)[c-]c1F.CC(C)(C)[Si](C)(C)Oc1ccc(F)[c-]c1F.[C-]1=CC=CC1.[C-]1=CC=CC1.[Ti+4]. The Morgan fingerprint density at radius 3 is 1.12 bits per heavy atom. The summed E-state index contributed by atoms with van der Waals surface area (Å²) in [4.78, 5) is 0. The van der Waals surface area contributed by atoms with Crippen molar-refractivity contribution in [1.82, 2.24) is 0 Å². The van der Waals surface area contributed by atoms with Crippen LogP contribution in [0.2, 0.25) is 36.3 Å². The fourth-order valence-corrected chi connectivity index (χ4v) is 4.58. The van der Waals surface area contributed by atoms with Gasteiger partial charge < -0.3 is 8.85 Å². The summed E-state index contributed by atoms with van der Waals surface area (Å²) in [6, 6.07) is 8.91. The van der Waals surface area contributed by atoms with Gasteiger partial charge in [0.15, 0.2) is 0 Å². The number of hydrogen-bond donors (Lipinski definition) is 0. The van der Waals surface area contributed by atoms with Crippen LogP contribution in [0.3, 0.4) is 0 Å². The molecule has 0 unspecified atom stereocenters. The fourth-order valence-electron chi connectivity index (χ4n) is 2.55. The van der Waals surface area contributed by atoms with Crippen molar-refractivity contribution >= 4 is 16.6 Å². The van der Waals surface area contributed by atoms with Crippen molar-refractivity contribution in [1.29, 1.82) is 0 Å². The molecule has 4 rings (SSSR count). The van der Waals surface area contributed by atoms with Crippen molar-refractivity contribution in [2.75, 3.05) is 0 Å². The van der Waals surface area contributed by atoms with E-state index in [2.05, 4.69) is 65.8 Å². The third-order valence-corrected chi connectivity index (χ3v) is 15.9. The monoisotopic (exact) mass is 664 g/mol. The molecule has 43 heavy (non-hydrogen) atoms. The molecule has 0 radical (unpaired) electrons. The van der Waals surface area contributed by atoms with Crippen LogP contribution in [-0.4, -0.2) is 16.6 Å². The van der Waals surface area contributed by atoms with Crippen LogP contribution in [0, 0.1) is 47.6 Å². The minimum atomic E-state index is -2.08. The molecular formula is C34H44F4O2Si2Ti. The number of halogens is 4.